The van der Waals surface area contributed by atoms with Crippen molar-refractivity contribution in [3.05, 3.63) is 0 Å². The Morgan fingerprint density at radius 1 is 1.33 bits per heavy atom. The molecular weight excluding hydrogens is 152 g/mol. The molecule has 2 nitrogen and oxygen atoms in total. The molecule has 2 heteroatoms. The van der Waals surface area contributed by atoms with Crippen LogP contribution in [0.3, 0.4) is 0 Å². The molecule has 0 aromatic rings. The average molecular weight is 170 g/mol. The Bertz CT molecular complexity index is 154. The molecule has 2 aliphatic carbocycles. The van der Waals surface area contributed by atoms with Gasteiger partial charge in [0.2, 0.25) is 0 Å². The largest absolute Gasteiger partial charge is 0.390 e. The van der Waals surface area contributed by atoms with Crippen LogP contribution >= 0.6 is 0 Å². The van der Waals surface area contributed by atoms with Gasteiger partial charge in [-0.1, -0.05) is 6.42 Å². The fourth-order valence-corrected chi connectivity index (χ4v) is 2.33. The lowest BCUT2D eigenvalue weighted by atomic mass is 9.67. The van der Waals surface area contributed by atoms with Gasteiger partial charge in [-0.25, -0.2) is 0 Å². The van der Waals surface area contributed by atoms with E-state index >= 15 is 0 Å². The van der Waals surface area contributed by atoms with Crippen molar-refractivity contribution in [3.8, 4) is 0 Å². The van der Waals surface area contributed by atoms with Crippen LogP contribution in [0.4, 0.5) is 0 Å². The maximum atomic E-state index is 10.0. The van der Waals surface area contributed by atoms with Crippen molar-refractivity contribution in [3.63, 3.8) is 0 Å². The van der Waals surface area contributed by atoms with Gasteiger partial charge < -0.3 is 9.84 Å². The predicted molar refractivity (Wildman–Crippen MR) is 46.9 cm³/mol. The normalized spacial score (nSPS) is 30.5. The van der Waals surface area contributed by atoms with E-state index in [1.165, 1.54) is 25.7 Å². The topological polar surface area (TPSA) is 29.5 Å². The van der Waals surface area contributed by atoms with Gasteiger partial charge in [-0.05, 0) is 38.0 Å². The summed E-state index contributed by atoms with van der Waals surface area (Å²) < 4.78 is 5.44. The van der Waals surface area contributed by atoms with Crippen molar-refractivity contribution in [2.45, 2.75) is 50.2 Å². The summed E-state index contributed by atoms with van der Waals surface area (Å²) in [6.07, 6.45) is 6.84. The van der Waals surface area contributed by atoms with Crippen molar-refractivity contribution in [2.75, 3.05) is 7.11 Å². The molecule has 0 aromatic heterocycles. The van der Waals surface area contributed by atoms with Crippen LogP contribution in [0.25, 0.3) is 0 Å². The summed E-state index contributed by atoms with van der Waals surface area (Å²) in [4.78, 5) is 0. The van der Waals surface area contributed by atoms with Gasteiger partial charge in [0.05, 0.1) is 11.7 Å². The molecule has 0 bridgehead atoms. The third-order valence-corrected chi connectivity index (χ3v) is 3.74. The van der Waals surface area contributed by atoms with Crippen molar-refractivity contribution in [1.29, 1.82) is 0 Å². The zero-order valence-corrected chi connectivity index (χ0v) is 7.75. The second kappa shape index (κ2) is 3.00. The number of hydrogen-bond acceptors (Lipinski definition) is 2. The van der Waals surface area contributed by atoms with Gasteiger partial charge in [-0.3, -0.25) is 0 Å². The van der Waals surface area contributed by atoms with Gasteiger partial charge in [0.1, 0.15) is 0 Å². The highest BCUT2D eigenvalue weighted by atomic mass is 16.5. The number of methoxy groups -OCH3 is 1. The first-order valence-corrected chi connectivity index (χ1v) is 5.02. The van der Waals surface area contributed by atoms with Crippen LogP contribution in [-0.4, -0.2) is 23.9 Å². The lowest BCUT2D eigenvalue weighted by Crippen LogP contribution is -2.54. The highest BCUT2D eigenvalue weighted by molar-refractivity contribution is 4.99. The van der Waals surface area contributed by atoms with Gasteiger partial charge in [-0.2, -0.15) is 0 Å². The van der Waals surface area contributed by atoms with Gasteiger partial charge in [-0.15, -0.1) is 0 Å². The summed E-state index contributed by atoms with van der Waals surface area (Å²) in [5.41, 5.74) is -0.148. The van der Waals surface area contributed by atoms with Crippen LogP contribution in [0.1, 0.15) is 38.5 Å². The number of hydrogen-bond donors (Lipinski definition) is 1. The molecule has 0 spiro atoms. The molecule has 2 saturated carbocycles. The fraction of sp³-hybridized carbons (Fsp3) is 1.00. The summed E-state index contributed by atoms with van der Waals surface area (Å²) in [5, 5.41) is 10.0. The highest BCUT2D eigenvalue weighted by Crippen LogP contribution is 2.44. The molecule has 1 unspecified atom stereocenters. The number of rotatable bonds is 3. The molecule has 0 aromatic carbocycles. The Morgan fingerprint density at radius 3 is 2.25 bits per heavy atom. The second-order valence-electron chi connectivity index (χ2n) is 4.26. The monoisotopic (exact) mass is 170 g/mol. The maximum absolute atomic E-state index is 10.0. The summed E-state index contributed by atoms with van der Waals surface area (Å²) in [6, 6.07) is 0. The Labute approximate surface area is 73.9 Å². The van der Waals surface area contributed by atoms with E-state index in [0.29, 0.717) is 5.92 Å². The van der Waals surface area contributed by atoms with Crippen molar-refractivity contribution in [2.24, 2.45) is 5.92 Å². The first kappa shape index (κ1) is 8.52. The van der Waals surface area contributed by atoms with E-state index < -0.39 is 0 Å². The molecule has 2 rings (SSSR count). The first-order valence-electron chi connectivity index (χ1n) is 5.02. The summed E-state index contributed by atoms with van der Waals surface area (Å²) in [5.74, 6) is 0.533. The number of aliphatic hydroxyl groups is 1. The van der Waals surface area contributed by atoms with E-state index in [2.05, 4.69) is 0 Å². The molecule has 2 aliphatic rings. The second-order valence-corrected chi connectivity index (χ2v) is 4.26. The SMILES string of the molecule is COC1(C(O)C2CCC2)CCC1. The van der Waals surface area contributed by atoms with Crippen LogP contribution in [0.2, 0.25) is 0 Å². The molecule has 0 amide bonds. The Hall–Kier alpha value is -0.0800. The molecular formula is C10H18O2. The molecule has 12 heavy (non-hydrogen) atoms. The molecule has 2 fully saturated rings. The van der Waals surface area contributed by atoms with Gasteiger partial charge in [0.25, 0.3) is 0 Å². The molecule has 0 heterocycles. The lowest BCUT2D eigenvalue weighted by Gasteiger charge is -2.48. The maximum Gasteiger partial charge on any atom is 0.0939 e. The van der Waals surface area contributed by atoms with Crippen molar-refractivity contribution < 1.29 is 9.84 Å². The van der Waals surface area contributed by atoms with Crippen LogP contribution in [0.5, 0.6) is 0 Å². The fourth-order valence-electron chi connectivity index (χ4n) is 2.33. The van der Waals surface area contributed by atoms with Crippen LogP contribution in [0.15, 0.2) is 0 Å². The average Bonchev–Trinajstić information content (AvgIpc) is 1.81. The van der Waals surface area contributed by atoms with E-state index in [-0.39, 0.29) is 11.7 Å². The van der Waals surface area contributed by atoms with E-state index in [0.717, 1.165) is 12.8 Å². The number of ether oxygens (including phenoxy) is 1. The predicted octanol–water partition coefficient (Wildman–Crippen LogP) is 1.72. The van der Waals surface area contributed by atoms with E-state index in [9.17, 15) is 5.11 Å². The third kappa shape index (κ3) is 1.09. The summed E-state index contributed by atoms with van der Waals surface area (Å²) in [6.45, 7) is 0. The smallest absolute Gasteiger partial charge is 0.0939 e. The molecule has 1 atom stereocenters. The number of aliphatic hydroxyl groups excluding tert-OH is 1. The molecule has 70 valence electrons. The summed E-state index contributed by atoms with van der Waals surface area (Å²) >= 11 is 0. The van der Waals surface area contributed by atoms with Gasteiger partial charge in [0.15, 0.2) is 0 Å². The Kier molecular flexibility index (Phi) is 2.13. The Morgan fingerprint density at radius 2 is 2.00 bits per heavy atom. The molecule has 0 aliphatic heterocycles. The Balaban J connectivity index is 1.95. The van der Waals surface area contributed by atoms with Crippen LogP contribution < -0.4 is 0 Å². The molecule has 0 saturated heterocycles. The van der Waals surface area contributed by atoms with E-state index in [1.54, 1.807) is 7.11 Å². The van der Waals surface area contributed by atoms with E-state index in [4.69, 9.17) is 4.74 Å². The summed E-state index contributed by atoms with van der Waals surface area (Å²) in [7, 11) is 1.74. The van der Waals surface area contributed by atoms with Gasteiger partial charge >= 0.3 is 0 Å². The zero-order chi connectivity index (χ0) is 8.60. The zero-order valence-electron chi connectivity index (χ0n) is 7.75. The standard InChI is InChI=1S/C10H18O2/c1-12-10(6-3-7-10)9(11)8-4-2-5-8/h8-9,11H,2-7H2,1H3. The first-order chi connectivity index (χ1) is 5.78. The van der Waals surface area contributed by atoms with Crippen molar-refractivity contribution >= 4 is 0 Å². The van der Waals surface area contributed by atoms with Crippen LogP contribution in [0, 0.1) is 5.92 Å². The minimum atomic E-state index is -0.190. The highest BCUT2D eigenvalue weighted by Gasteiger charge is 2.48. The third-order valence-electron chi connectivity index (χ3n) is 3.74. The van der Waals surface area contributed by atoms with Crippen LogP contribution in [-0.2, 0) is 4.74 Å². The molecule has 1 N–H and O–H groups in total. The minimum Gasteiger partial charge on any atom is -0.390 e. The van der Waals surface area contributed by atoms with Gasteiger partial charge in [0, 0.05) is 7.11 Å². The van der Waals surface area contributed by atoms with Crippen molar-refractivity contribution in [1.82, 2.24) is 0 Å². The van der Waals surface area contributed by atoms with E-state index in [1.807, 2.05) is 0 Å². The lowest BCUT2D eigenvalue weighted by molar-refractivity contribution is -0.175. The quantitative estimate of drug-likeness (QED) is 0.698. The minimum absolute atomic E-state index is 0.148. The molecule has 0 radical (unpaired) electrons.